The first-order valence-corrected chi connectivity index (χ1v) is 11.8. The van der Waals surface area contributed by atoms with E-state index >= 15 is 4.39 Å². The van der Waals surface area contributed by atoms with Crippen molar-refractivity contribution in [3.8, 4) is 0 Å². The first-order chi connectivity index (χ1) is 16.2. The molecule has 3 aromatic rings. The van der Waals surface area contributed by atoms with Crippen LogP contribution in [0.4, 0.5) is 34.8 Å². The molecule has 1 fully saturated rings. The first-order valence-electron chi connectivity index (χ1n) is 10.2. The summed E-state index contributed by atoms with van der Waals surface area (Å²) in [4.78, 5) is 3.72. The van der Waals surface area contributed by atoms with E-state index in [-0.39, 0.29) is 52.5 Å². The summed E-state index contributed by atoms with van der Waals surface area (Å²) in [7, 11) is 0. The molecule has 12 heteroatoms. The van der Waals surface area contributed by atoms with Crippen LogP contribution in [0.15, 0.2) is 36.5 Å². The Morgan fingerprint density at radius 3 is 2.40 bits per heavy atom. The van der Waals surface area contributed by atoms with Gasteiger partial charge < -0.3 is 20.4 Å². The van der Waals surface area contributed by atoms with Gasteiger partial charge in [-0.3, -0.25) is 0 Å². The van der Waals surface area contributed by atoms with Crippen LogP contribution < -0.4 is 44.7 Å². The van der Waals surface area contributed by atoms with Gasteiger partial charge in [0.1, 0.15) is 12.1 Å². The summed E-state index contributed by atoms with van der Waals surface area (Å²) in [6.45, 7) is 0. The van der Waals surface area contributed by atoms with Gasteiger partial charge in [0.15, 0.2) is 17.5 Å². The molecule has 4 rings (SSSR count). The Bertz CT molecular complexity index is 1270. The molecule has 178 valence electrons. The molecule has 0 radical (unpaired) electrons. The number of benzene rings is 2. The van der Waals surface area contributed by atoms with E-state index < -0.39 is 63.8 Å². The van der Waals surface area contributed by atoms with Crippen LogP contribution in [0.2, 0.25) is 0 Å². The van der Waals surface area contributed by atoms with Crippen molar-refractivity contribution < 1.29 is 56.8 Å². The molecule has 3 N–H and O–H groups in total. The van der Waals surface area contributed by atoms with Crippen molar-refractivity contribution in [1.82, 2.24) is 4.98 Å². The number of hydrogen-bond acceptors (Lipinski definition) is 6. The van der Waals surface area contributed by atoms with Gasteiger partial charge in [-0.15, -0.1) is 0 Å². The molecule has 0 bridgehead atoms. The van der Waals surface area contributed by atoms with Crippen molar-refractivity contribution in [1.29, 1.82) is 5.41 Å². The zero-order valence-electron chi connectivity index (χ0n) is 18.8. The van der Waals surface area contributed by atoms with Gasteiger partial charge in [-0.1, -0.05) is 6.07 Å². The van der Waals surface area contributed by atoms with Gasteiger partial charge >= 0.3 is 29.6 Å². The minimum Gasteiger partial charge on any atom is -0.859 e. The molecule has 1 aliphatic rings. The molecule has 1 saturated carbocycles. The predicted molar refractivity (Wildman–Crippen MR) is 120 cm³/mol. The second-order valence-electron chi connectivity index (χ2n) is 7.92. The van der Waals surface area contributed by atoms with E-state index in [2.05, 4.69) is 15.0 Å². The molecule has 0 amide bonds. The van der Waals surface area contributed by atoms with Crippen LogP contribution in [0.3, 0.4) is 0 Å². The normalized spacial score (nSPS) is 13.7. The summed E-state index contributed by atoms with van der Waals surface area (Å²) in [5.74, 6) is -5.89. The summed E-state index contributed by atoms with van der Waals surface area (Å²) in [6.07, 6.45) is 3.90. The maximum atomic E-state index is 15.0. The second-order valence-corrected chi connectivity index (χ2v) is 9.03. The van der Waals surface area contributed by atoms with Crippen molar-refractivity contribution in [3.05, 3.63) is 82.1 Å². The minimum atomic E-state index is -1.62. The predicted octanol–water partition coefficient (Wildman–Crippen LogP) is 1.24. The largest absolute Gasteiger partial charge is 1.00 e. The monoisotopic (exact) mass is 514 g/mol. The number of pyridine rings is 1. The molecule has 0 spiro atoms. The van der Waals surface area contributed by atoms with Crippen molar-refractivity contribution >= 4 is 34.5 Å². The Morgan fingerprint density at radius 1 is 1.09 bits per heavy atom. The van der Waals surface area contributed by atoms with Crippen LogP contribution in [-0.2, 0) is 17.8 Å². The number of halogens is 4. The molecule has 2 aromatic carbocycles. The van der Waals surface area contributed by atoms with E-state index in [1.165, 1.54) is 30.7 Å². The summed E-state index contributed by atoms with van der Waals surface area (Å²) in [5, 5.41) is 21.8. The van der Waals surface area contributed by atoms with E-state index in [1.807, 2.05) is 0 Å². The molecular formula is C23H19F4N4NaO2S. The maximum absolute atomic E-state index is 15.0. The number of nitrogens with zero attached hydrogens (tertiary/aromatic N) is 1. The first kappa shape index (κ1) is 27.3. The third-order valence-electron chi connectivity index (χ3n) is 5.42. The SMILES string of the molecule is C[S+]([O-])Nc1nccc(Cc2cc(C(=N)[O-])c(Nc3ccc(C4CC4)cc3F)c(F)c2F)c1F.[Na+]. The van der Waals surface area contributed by atoms with E-state index in [0.717, 1.165) is 24.5 Å². The quantitative estimate of drug-likeness (QED) is 0.138. The summed E-state index contributed by atoms with van der Waals surface area (Å²) in [5.41, 5.74) is -1.10. The molecule has 1 heterocycles. The standard InChI is InChI=1S/C23H20F4N4O2S.Na/c1-34(33)31-23-19(26)13(6-7-29-23)8-14-9-15(22(28)32)21(20(27)18(14)25)30-17-5-4-12(10-16(17)24)11-2-3-11;/h4-7,9-11,30H,2-3,8H2,1H3,(H2,28,32)(H,29,31);/q;+1/p-1. The molecular weight excluding hydrogens is 495 g/mol. The van der Waals surface area contributed by atoms with Crippen LogP contribution in [0.1, 0.15) is 41.0 Å². The van der Waals surface area contributed by atoms with Gasteiger partial charge in [-0.05, 0) is 65.6 Å². The van der Waals surface area contributed by atoms with Crippen LogP contribution in [-0.4, -0.2) is 21.7 Å². The number of anilines is 3. The molecule has 1 unspecified atom stereocenters. The zero-order valence-corrected chi connectivity index (χ0v) is 21.7. The van der Waals surface area contributed by atoms with Crippen LogP contribution in [0, 0.1) is 28.7 Å². The van der Waals surface area contributed by atoms with E-state index in [9.17, 15) is 22.8 Å². The number of rotatable bonds is 8. The number of hydrogen-bond donors (Lipinski definition) is 3. The number of aromatic nitrogens is 1. The Hall–Kier alpha value is -2.31. The minimum absolute atomic E-state index is 0. The summed E-state index contributed by atoms with van der Waals surface area (Å²) in [6, 6.07) is 6.48. The fourth-order valence-electron chi connectivity index (χ4n) is 3.58. The van der Waals surface area contributed by atoms with Crippen LogP contribution >= 0.6 is 0 Å². The van der Waals surface area contributed by atoms with Gasteiger partial charge in [0, 0.05) is 18.2 Å². The Balaban J connectivity index is 0.00000342. The Labute approximate surface area is 224 Å². The van der Waals surface area contributed by atoms with Gasteiger partial charge in [-0.2, -0.15) is 4.72 Å². The molecule has 1 aromatic heterocycles. The maximum Gasteiger partial charge on any atom is 1.00 e. The van der Waals surface area contributed by atoms with Crippen LogP contribution in [0.5, 0.6) is 0 Å². The smallest absolute Gasteiger partial charge is 0.859 e. The zero-order chi connectivity index (χ0) is 24.6. The van der Waals surface area contributed by atoms with E-state index in [4.69, 9.17) is 5.41 Å². The fraction of sp³-hybridized carbons (Fsp3) is 0.217. The second kappa shape index (κ2) is 11.2. The van der Waals surface area contributed by atoms with Gasteiger partial charge in [0.05, 0.1) is 22.7 Å². The van der Waals surface area contributed by atoms with Gasteiger partial charge in [-0.25, -0.2) is 22.5 Å². The summed E-state index contributed by atoms with van der Waals surface area (Å²) >= 11 is -1.62. The molecule has 6 nitrogen and oxygen atoms in total. The Morgan fingerprint density at radius 2 is 1.80 bits per heavy atom. The third kappa shape index (κ3) is 6.10. The molecule has 0 saturated heterocycles. The molecule has 1 aliphatic carbocycles. The average molecular weight is 514 g/mol. The molecule has 35 heavy (non-hydrogen) atoms. The van der Waals surface area contributed by atoms with Gasteiger partial charge in [0.25, 0.3) is 0 Å². The third-order valence-corrected chi connectivity index (χ3v) is 5.90. The summed E-state index contributed by atoms with van der Waals surface area (Å²) < 4.78 is 72.8. The van der Waals surface area contributed by atoms with E-state index in [0.29, 0.717) is 0 Å². The number of nitrogens with one attached hydrogen (secondary N) is 3. The van der Waals surface area contributed by atoms with Crippen molar-refractivity contribution in [3.63, 3.8) is 0 Å². The average Bonchev–Trinajstić information content (AvgIpc) is 3.62. The van der Waals surface area contributed by atoms with Crippen molar-refractivity contribution in [2.24, 2.45) is 0 Å². The topological polar surface area (TPSA) is 107 Å². The fourth-order valence-corrected chi connectivity index (χ4v) is 3.99. The van der Waals surface area contributed by atoms with Gasteiger partial charge in [0.2, 0.25) is 5.82 Å². The van der Waals surface area contributed by atoms with Crippen molar-refractivity contribution in [2.75, 3.05) is 16.3 Å². The van der Waals surface area contributed by atoms with Crippen molar-refractivity contribution in [2.45, 2.75) is 25.2 Å². The Kier molecular flexibility index (Phi) is 8.71. The molecule has 0 aliphatic heterocycles. The molecule has 1 atom stereocenters. The van der Waals surface area contributed by atoms with E-state index in [1.54, 1.807) is 6.07 Å². The van der Waals surface area contributed by atoms with Crippen LogP contribution in [0.25, 0.3) is 0 Å².